The van der Waals surface area contributed by atoms with Gasteiger partial charge in [-0.05, 0) is 24.4 Å². The average molecular weight is 250 g/mol. The van der Waals surface area contributed by atoms with Crippen LogP contribution < -0.4 is 5.32 Å². The van der Waals surface area contributed by atoms with Gasteiger partial charge in [0.05, 0.1) is 5.69 Å². The number of nitrogens with one attached hydrogen (secondary N) is 1. The van der Waals surface area contributed by atoms with Gasteiger partial charge in [0.1, 0.15) is 5.82 Å². The van der Waals surface area contributed by atoms with Gasteiger partial charge in [-0.15, -0.1) is 10.2 Å². The van der Waals surface area contributed by atoms with E-state index in [0.29, 0.717) is 0 Å². The highest BCUT2D eigenvalue weighted by atomic mass is 15.2. The molecule has 0 bridgehead atoms. The largest absolute Gasteiger partial charge is 0.369 e. The van der Waals surface area contributed by atoms with E-state index in [2.05, 4.69) is 26.6 Å². The number of pyridine rings is 1. The summed E-state index contributed by atoms with van der Waals surface area (Å²) in [5.41, 5.74) is 1.85. The van der Waals surface area contributed by atoms with Gasteiger partial charge in [-0.2, -0.15) is 0 Å². The Bertz CT molecular complexity index is 687. The van der Waals surface area contributed by atoms with E-state index in [0.717, 1.165) is 34.4 Å². The molecule has 2 aromatic heterocycles. The number of benzene rings is 1. The van der Waals surface area contributed by atoms with Gasteiger partial charge in [-0.25, -0.2) is 0 Å². The van der Waals surface area contributed by atoms with Crippen LogP contribution >= 0.6 is 0 Å². The summed E-state index contributed by atoms with van der Waals surface area (Å²) in [5, 5.41) is 13.8. The predicted molar refractivity (Wildman–Crippen MR) is 76.9 cm³/mol. The summed E-state index contributed by atoms with van der Waals surface area (Å²) < 4.78 is 0. The van der Waals surface area contributed by atoms with E-state index in [1.54, 1.807) is 0 Å². The Balaban J connectivity index is 2.08. The highest BCUT2D eigenvalue weighted by molar-refractivity contribution is 5.94. The zero-order valence-corrected chi connectivity index (χ0v) is 10.7. The van der Waals surface area contributed by atoms with Crippen LogP contribution in [0.5, 0.6) is 0 Å². The minimum Gasteiger partial charge on any atom is -0.369 e. The van der Waals surface area contributed by atoms with Crippen molar-refractivity contribution < 1.29 is 0 Å². The van der Waals surface area contributed by atoms with Gasteiger partial charge in [0, 0.05) is 29.9 Å². The van der Waals surface area contributed by atoms with Gasteiger partial charge >= 0.3 is 0 Å². The Morgan fingerprint density at radius 3 is 2.68 bits per heavy atom. The molecule has 1 N–H and O–H groups in total. The molecule has 1 aromatic carbocycles. The van der Waals surface area contributed by atoms with E-state index in [1.807, 2.05) is 49.6 Å². The number of rotatable bonds is 3. The first-order valence-corrected chi connectivity index (χ1v) is 6.29. The Kier molecular flexibility index (Phi) is 3.06. The van der Waals surface area contributed by atoms with E-state index in [4.69, 9.17) is 0 Å². The summed E-state index contributed by atoms with van der Waals surface area (Å²) in [6, 6.07) is 12.1. The fourth-order valence-electron chi connectivity index (χ4n) is 2.07. The molecule has 0 aliphatic rings. The van der Waals surface area contributed by atoms with Crippen LogP contribution in [-0.2, 0) is 0 Å². The molecular formula is C15H14N4. The lowest BCUT2D eigenvalue weighted by Gasteiger charge is -2.06. The van der Waals surface area contributed by atoms with Crippen LogP contribution in [-0.4, -0.2) is 21.7 Å². The second-order valence-corrected chi connectivity index (χ2v) is 4.24. The minimum atomic E-state index is 0.791. The summed E-state index contributed by atoms with van der Waals surface area (Å²) in [5.74, 6) is 0.791. The Morgan fingerprint density at radius 2 is 1.89 bits per heavy atom. The molecule has 19 heavy (non-hydrogen) atoms. The number of nitrogens with zero attached hydrogens (tertiary/aromatic N) is 3. The lowest BCUT2D eigenvalue weighted by Crippen LogP contribution is -2.00. The second-order valence-electron chi connectivity index (χ2n) is 4.24. The van der Waals surface area contributed by atoms with Crippen LogP contribution in [0.4, 0.5) is 5.82 Å². The molecule has 0 aliphatic carbocycles. The third kappa shape index (κ3) is 2.25. The van der Waals surface area contributed by atoms with Crippen molar-refractivity contribution >= 4 is 16.6 Å². The maximum Gasteiger partial charge on any atom is 0.148 e. The van der Waals surface area contributed by atoms with E-state index in [9.17, 15) is 0 Å². The van der Waals surface area contributed by atoms with Gasteiger partial charge in [0.2, 0.25) is 0 Å². The summed E-state index contributed by atoms with van der Waals surface area (Å²) >= 11 is 0. The van der Waals surface area contributed by atoms with E-state index in [-0.39, 0.29) is 0 Å². The summed E-state index contributed by atoms with van der Waals surface area (Å²) in [7, 11) is 0. The number of hydrogen-bond acceptors (Lipinski definition) is 4. The summed E-state index contributed by atoms with van der Waals surface area (Å²) in [6.07, 6.45) is 3.69. The smallest absolute Gasteiger partial charge is 0.148 e. The Hall–Kier alpha value is -2.49. The van der Waals surface area contributed by atoms with Crippen molar-refractivity contribution in [3.63, 3.8) is 0 Å². The molecule has 4 nitrogen and oxygen atoms in total. The minimum absolute atomic E-state index is 0.791. The Morgan fingerprint density at radius 1 is 1.00 bits per heavy atom. The molecule has 0 atom stereocenters. The van der Waals surface area contributed by atoms with Gasteiger partial charge in [-0.1, -0.05) is 24.3 Å². The maximum atomic E-state index is 4.27. The SMILES string of the molecule is CCNc1ccc(-c2cncc3ccccc23)nn1. The zero-order chi connectivity index (χ0) is 13.1. The van der Waals surface area contributed by atoms with Crippen molar-refractivity contribution in [2.45, 2.75) is 6.92 Å². The number of anilines is 1. The first-order valence-electron chi connectivity index (χ1n) is 6.29. The molecule has 0 fully saturated rings. The van der Waals surface area contributed by atoms with Crippen molar-refractivity contribution in [3.8, 4) is 11.3 Å². The first kappa shape index (κ1) is 11.6. The monoisotopic (exact) mass is 250 g/mol. The number of hydrogen-bond donors (Lipinski definition) is 1. The van der Waals surface area contributed by atoms with Gasteiger partial charge < -0.3 is 5.32 Å². The lowest BCUT2D eigenvalue weighted by atomic mass is 10.1. The van der Waals surface area contributed by atoms with Gasteiger partial charge in [-0.3, -0.25) is 4.98 Å². The molecule has 4 heteroatoms. The van der Waals surface area contributed by atoms with Crippen LogP contribution in [0.1, 0.15) is 6.92 Å². The highest BCUT2D eigenvalue weighted by Gasteiger charge is 2.06. The molecule has 0 saturated carbocycles. The fourth-order valence-corrected chi connectivity index (χ4v) is 2.07. The van der Waals surface area contributed by atoms with Crippen LogP contribution in [0.25, 0.3) is 22.0 Å². The molecule has 0 aliphatic heterocycles. The highest BCUT2D eigenvalue weighted by Crippen LogP contribution is 2.25. The van der Waals surface area contributed by atoms with Gasteiger partial charge in [0.25, 0.3) is 0 Å². The van der Waals surface area contributed by atoms with Crippen molar-refractivity contribution in [1.82, 2.24) is 15.2 Å². The number of aromatic nitrogens is 3. The van der Waals surface area contributed by atoms with Crippen LogP contribution in [0.15, 0.2) is 48.8 Å². The molecule has 3 aromatic rings. The first-order chi connectivity index (χ1) is 9.38. The molecule has 0 unspecified atom stereocenters. The van der Waals surface area contributed by atoms with E-state index >= 15 is 0 Å². The van der Waals surface area contributed by atoms with Crippen molar-refractivity contribution in [1.29, 1.82) is 0 Å². The summed E-state index contributed by atoms with van der Waals surface area (Å²) in [4.78, 5) is 4.26. The average Bonchev–Trinajstić information content (AvgIpc) is 2.48. The molecule has 0 saturated heterocycles. The molecule has 3 rings (SSSR count). The standard InChI is InChI=1S/C15H14N4/c1-2-17-15-8-7-14(18-19-15)13-10-16-9-11-5-3-4-6-12(11)13/h3-10H,2H2,1H3,(H,17,19). The van der Waals surface area contributed by atoms with Gasteiger partial charge in [0.15, 0.2) is 0 Å². The molecule has 94 valence electrons. The Labute approximate surface area is 111 Å². The topological polar surface area (TPSA) is 50.7 Å². The molecule has 0 radical (unpaired) electrons. The zero-order valence-electron chi connectivity index (χ0n) is 10.7. The molecule has 0 amide bonds. The summed E-state index contributed by atoms with van der Waals surface area (Å²) in [6.45, 7) is 2.87. The fraction of sp³-hybridized carbons (Fsp3) is 0.133. The molecular weight excluding hydrogens is 236 g/mol. The third-order valence-corrected chi connectivity index (χ3v) is 2.97. The predicted octanol–water partition coefficient (Wildman–Crippen LogP) is 3.12. The van der Waals surface area contributed by atoms with E-state index in [1.165, 1.54) is 0 Å². The van der Waals surface area contributed by atoms with Crippen LogP contribution in [0, 0.1) is 0 Å². The molecule has 0 spiro atoms. The van der Waals surface area contributed by atoms with E-state index < -0.39 is 0 Å². The van der Waals surface area contributed by atoms with Crippen molar-refractivity contribution in [2.75, 3.05) is 11.9 Å². The van der Waals surface area contributed by atoms with Crippen molar-refractivity contribution in [3.05, 3.63) is 48.8 Å². The second kappa shape index (κ2) is 5.02. The van der Waals surface area contributed by atoms with Crippen LogP contribution in [0.2, 0.25) is 0 Å². The van der Waals surface area contributed by atoms with Crippen molar-refractivity contribution in [2.24, 2.45) is 0 Å². The number of fused-ring (bicyclic) bond motifs is 1. The normalized spacial score (nSPS) is 10.6. The lowest BCUT2D eigenvalue weighted by molar-refractivity contribution is 1.02. The maximum absolute atomic E-state index is 4.27. The molecule has 2 heterocycles. The third-order valence-electron chi connectivity index (χ3n) is 2.97. The quantitative estimate of drug-likeness (QED) is 0.776. The van der Waals surface area contributed by atoms with Crippen LogP contribution in [0.3, 0.4) is 0 Å².